The van der Waals surface area contributed by atoms with Crippen LogP contribution in [0, 0.1) is 6.92 Å². The van der Waals surface area contributed by atoms with Gasteiger partial charge in [-0.05, 0) is 26.8 Å². The zero-order valence-corrected chi connectivity index (χ0v) is 14.6. The van der Waals surface area contributed by atoms with Crippen LogP contribution >= 0.6 is 0 Å². The van der Waals surface area contributed by atoms with Gasteiger partial charge in [-0.2, -0.15) is 0 Å². The second-order valence-corrected chi connectivity index (χ2v) is 6.58. The van der Waals surface area contributed by atoms with Crippen LogP contribution in [0.25, 0.3) is 11.0 Å². The number of ether oxygens (including phenoxy) is 1. The van der Waals surface area contributed by atoms with E-state index in [0.717, 1.165) is 10.3 Å². The number of nitrogens with one attached hydrogen (secondary N) is 1. The molecular formula is C18H18N2O6. The Kier molecular flexibility index (Phi) is 4.27. The first-order valence-corrected chi connectivity index (χ1v) is 8.02. The van der Waals surface area contributed by atoms with E-state index in [1.807, 2.05) is 12.1 Å². The number of aryl methyl sites for hydroxylation is 1. The number of benzene rings is 1. The first-order chi connectivity index (χ1) is 12.2. The quantitative estimate of drug-likeness (QED) is 0.496. The molecule has 2 aromatic rings. The minimum absolute atomic E-state index is 0.120. The topological polar surface area (TPSA) is 106 Å². The number of amides is 3. The monoisotopic (exact) mass is 358 g/mol. The normalized spacial score (nSPS) is 16.0. The van der Waals surface area contributed by atoms with E-state index in [0.29, 0.717) is 11.1 Å². The molecule has 0 radical (unpaired) electrons. The molecule has 0 unspecified atom stereocenters. The van der Waals surface area contributed by atoms with Crippen LogP contribution in [0.15, 0.2) is 28.7 Å². The second-order valence-electron chi connectivity index (χ2n) is 6.58. The van der Waals surface area contributed by atoms with Gasteiger partial charge in [-0.15, -0.1) is 0 Å². The lowest BCUT2D eigenvalue weighted by atomic mass is 10.1. The number of hydrogen-bond donors (Lipinski definition) is 1. The molecule has 1 aromatic heterocycles. The number of carbonyl (C=O) groups is 4. The maximum atomic E-state index is 12.3. The number of nitrogens with zero attached hydrogens (tertiary/aromatic N) is 1. The van der Waals surface area contributed by atoms with E-state index < -0.39 is 42.4 Å². The van der Waals surface area contributed by atoms with Crippen LogP contribution < -0.4 is 5.32 Å². The molecule has 3 rings (SSSR count). The number of ketones is 1. The van der Waals surface area contributed by atoms with Gasteiger partial charge in [0.05, 0.1) is 0 Å². The third-order valence-electron chi connectivity index (χ3n) is 4.19. The number of urea groups is 1. The minimum atomic E-state index is -1.07. The summed E-state index contributed by atoms with van der Waals surface area (Å²) in [6.07, 6.45) is 0. The zero-order valence-electron chi connectivity index (χ0n) is 14.6. The van der Waals surface area contributed by atoms with Gasteiger partial charge in [0.25, 0.3) is 5.91 Å². The molecule has 1 aliphatic heterocycles. The zero-order chi connectivity index (χ0) is 19.1. The minimum Gasteiger partial charge on any atom is -0.456 e. The lowest BCUT2D eigenvalue weighted by molar-refractivity contribution is -0.146. The van der Waals surface area contributed by atoms with Crippen molar-refractivity contribution in [3.8, 4) is 0 Å². The van der Waals surface area contributed by atoms with Crippen LogP contribution in [-0.2, 0) is 14.3 Å². The van der Waals surface area contributed by atoms with Gasteiger partial charge in [0.2, 0.25) is 5.78 Å². The fraction of sp³-hybridized carbons (Fsp3) is 0.333. The Morgan fingerprint density at radius 1 is 1.23 bits per heavy atom. The Hall–Kier alpha value is -3.16. The van der Waals surface area contributed by atoms with Gasteiger partial charge in [0.1, 0.15) is 17.7 Å². The van der Waals surface area contributed by atoms with Crippen molar-refractivity contribution in [3.05, 3.63) is 35.6 Å². The maximum Gasteiger partial charge on any atom is 0.326 e. The molecule has 0 atom stereocenters. The highest BCUT2D eigenvalue weighted by Gasteiger charge is 2.45. The number of para-hydroxylation sites is 1. The van der Waals surface area contributed by atoms with E-state index >= 15 is 0 Å². The standard InChI is InChI=1S/C18H18N2O6/c1-10-11-6-4-5-7-13(11)26-15(10)12(21)9-25-14(22)8-20-16(23)18(2,3)19-17(20)24/h4-7H,8-9H2,1-3H3,(H,19,24). The summed E-state index contributed by atoms with van der Waals surface area (Å²) in [7, 11) is 0. The molecule has 1 aliphatic rings. The van der Waals surface area contributed by atoms with E-state index in [1.165, 1.54) is 13.8 Å². The van der Waals surface area contributed by atoms with Crippen LogP contribution in [0.2, 0.25) is 0 Å². The van der Waals surface area contributed by atoms with Gasteiger partial charge < -0.3 is 14.5 Å². The van der Waals surface area contributed by atoms with Gasteiger partial charge >= 0.3 is 12.0 Å². The molecule has 1 saturated heterocycles. The highest BCUT2D eigenvalue weighted by molar-refractivity contribution is 6.08. The van der Waals surface area contributed by atoms with E-state index in [4.69, 9.17) is 9.15 Å². The molecule has 0 bridgehead atoms. The smallest absolute Gasteiger partial charge is 0.326 e. The van der Waals surface area contributed by atoms with E-state index in [-0.39, 0.29) is 5.76 Å². The van der Waals surface area contributed by atoms with Crippen LogP contribution in [0.5, 0.6) is 0 Å². The number of Topliss-reactive ketones (excluding diaryl/α,β-unsaturated/α-hetero) is 1. The van der Waals surface area contributed by atoms with Crippen molar-refractivity contribution >= 4 is 34.7 Å². The van der Waals surface area contributed by atoms with E-state index in [9.17, 15) is 19.2 Å². The Balaban J connectivity index is 1.62. The first kappa shape index (κ1) is 17.7. The number of hydrogen-bond acceptors (Lipinski definition) is 6. The third-order valence-corrected chi connectivity index (χ3v) is 4.19. The molecule has 136 valence electrons. The predicted octanol–water partition coefficient (Wildman–Crippen LogP) is 1.80. The van der Waals surface area contributed by atoms with E-state index in [2.05, 4.69) is 5.32 Å². The van der Waals surface area contributed by atoms with Crippen LogP contribution in [0.3, 0.4) is 0 Å². The Bertz CT molecular complexity index is 927. The van der Waals surface area contributed by atoms with Crippen molar-refractivity contribution in [3.63, 3.8) is 0 Å². The van der Waals surface area contributed by atoms with Gasteiger partial charge in [-0.25, -0.2) is 4.79 Å². The third kappa shape index (κ3) is 3.05. The molecule has 8 nitrogen and oxygen atoms in total. The molecule has 26 heavy (non-hydrogen) atoms. The molecule has 8 heteroatoms. The lowest BCUT2D eigenvalue weighted by Gasteiger charge is -2.15. The highest BCUT2D eigenvalue weighted by Crippen LogP contribution is 2.25. The van der Waals surface area contributed by atoms with Crippen molar-refractivity contribution in [2.45, 2.75) is 26.3 Å². The predicted molar refractivity (Wildman–Crippen MR) is 90.6 cm³/mol. The van der Waals surface area contributed by atoms with Gasteiger partial charge in [0.15, 0.2) is 12.4 Å². The molecule has 0 saturated carbocycles. The van der Waals surface area contributed by atoms with Crippen molar-refractivity contribution in [2.24, 2.45) is 0 Å². The van der Waals surface area contributed by atoms with Crippen LogP contribution in [0.1, 0.15) is 30.0 Å². The van der Waals surface area contributed by atoms with Crippen molar-refractivity contribution in [1.82, 2.24) is 10.2 Å². The first-order valence-electron chi connectivity index (χ1n) is 8.02. The van der Waals surface area contributed by atoms with E-state index in [1.54, 1.807) is 19.1 Å². The summed E-state index contributed by atoms with van der Waals surface area (Å²) in [5.74, 6) is -1.76. The molecule has 1 aromatic carbocycles. The Morgan fingerprint density at radius 2 is 1.92 bits per heavy atom. The number of furan rings is 1. The molecule has 0 spiro atoms. The molecule has 3 amide bonds. The van der Waals surface area contributed by atoms with Gasteiger partial charge in [-0.3, -0.25) is 19.3 Å². The van der Waals surface area contributed by atoms with Crippen LogP contribution in [-0.4, -0.2) is 47.3 Å². The fourth-order valence-electron chi connectivity index (χ4n) is 2.79. The maximum absolute atomic E-state index is 12.3. The second kappa shape index (κ2) is 6.29. The van der Waals surface area contributed by atoms with Crippen LogP contribution in [0.4, 0.5) is 4.79 Å². The summed E-state index contributed by atoms with van der Waals surface area (Å²) in [6, 6.07) is 6.52. The number of esters is 1. The molecule has 2 heterocycles. The average Bonchev–Trinajstić information content (AvgIpc) is 3.02. The number of rotatable bonds is 5. The number of fused-ring (bicyclic) bond motifs is 1. The van der Waals surface area contributed by atoms with Gasteiger partial charge in [-0.1, -0.05) is 18.2 Å². The molecular weight excluding hydrogens is 340 g/mol. The molecule has 0 aliphatic carbocycles. The summed E-state index contributed by atoms with van der Waals surface area (Å²) in [5.41, 5.74) is 0.164. The lowest BCUT2D eigenvalue weighted by Crippen LogP contribution is -2.41. The summed E-state index contributed by atoms with van der Waals surface area (Å²) >= 11 is 0. The SMILES string of the molecule is Cc1c(C(=O)COC(=O)CN2C(=O)NC(C)(C)C2=O)oc2ccccc12. The largest absolute Gasteiger partial charge is 0.456 e. The Labute approximate surface area is 149 Å². The number of imide groups is 1. The molecule has 1 N–H and O–H groups in total. The van der Waals surface area contributed by atoms with Crippen molar-refractivity contribution in [1.29, 1.82) is 0 Å². The fourth-order valence-corrected chi connectivity index (χ4v) is 2.79. The Morgan fingerprint density at radius 3 is 2.54 bits per heavy atom. The average molecular weight is 358 g/mol. The summed E-state index contributed by atoms with van der Waals surface area (Å²) < 4.78 is 10.4. The van der Waals surface area contributed by atoms with Crippen molar-refractivity contribution < 1.29 is 28.3 Å². The number of carbonyl (C=O) groups excluding carboxylic acids is 4. The summed E-state index contributed by atoms with van der Waals surface area (Å²) in [5, 5.41) is 3.27. The molecule has 1 fully saturated rings. The van der Waals surface area contributed by atoms with Gasteiger partial charge in [0, 0.05) is 10.9 Å². The summed E-state index contributed by atoms with van der Waals surface area (Å²) in [4.78, 5) is 48.7. The van der Waals surface area contributed by atoms with Crippen molar-refractivity contribution in [2.75, 3.05) is 13.2 Å². The highest BCUT2D eigenvalue weighted by atomic mass is 16.5. The summed E-state index contributed by atoms with van der Waals surface area (Å²) in [6.45, 7) is 3.72.